The van der Waals surface area contributed by atoms with Crippen molar-refractivity contribution in [1.29, 1.82) is 5.26 Å². The Balaban J connectivity index is 2.49. The van der Waals surface area contributed by atoms with E-state index < -0.39 is 35.5 Å². The monoisotopic (exact) mass is 399 g/mol. The van der Waals surface area contributed by atoms with Crippen molar-refractivity contribution in [2.24, 2.45) is 5.92 Å². The molecule has 130 valence electrons. The number of hydrogen-bond donors (Lipinski definition) is 2. The van der Waals surface area contributed by atoms with Crippen LogP contribution in [0.15, 0.2) is 18.2 Å². The number of thiocarbonyl (C=S) groups is 1. The van der Waals surface area contributed by atoms with E-state index in [9.17, 15) is 19.6 Å². The highest BCUT2D eigenvalue weighted by molar-refractivity contribution is 7.80. The Morgan fingerprint density at radius 2 is 2.12 bits per heavy atom. The third kappa shape index (κ3) is 3.58. The average Bonchev–Trinajstić information content (AvgIpc) is 2.53. The number of nitriles is 1. The number of amides is 1. The second-order valence-electron chi connectivity index (χ2n) is 5.19. The molecular formula is C15H11Cl2N3O4S. The Morgan fingerprint density at radius 3 is 2.68 bits per heavy atom. The van der Waals surface area contributed by atoms with Gasteiger partial charge in [-0.25, -0.2) is 4.79 Å². The van der Waals surface area contributed by atoms with Crippen LogP contribution in [-0.4, -0.2) is 35.4 Å². The number of carbonyl (C=O) groups is 3. The molecule has 0 aromatic heterocycles. The lowest BCUT2D eigenvalue weighted by Crippen LogP contribution is -2.70. The number of nitrogens with one attached hydrogen (secondary N) is 2. The minimum Gasteiger partial charge on any atom is -0.467 e. The lowest BCUT2D eigenvalue weighted by Gasteiger charge is -2.38. The van der Waals surface area contributed by atoms with Gasteiger partial charge in [0.25, 0.3) is 0 Å². The lowest BCUT2D eigenvalue weighted by atomic mass is 9.77. The summed E-state index contributed by atoms with van der Waals surface area (Å²) in [4.78, 5) is 37.1. The van der Waals surface area contributed by atoms with Crippen LogP contribution in [0, 0.1) is 17.2 Å². The first kappa shape index (κ1) is 19.1. The first-order valence-electron chi connectivity index (χ1n) is 6.84. The van der Waals surface area contributed by atoms with Crippen molar-refractivity contribution in [3.63, 3.8) is 0 Å². The smallest absolute Gasteiger partial charge is 0.334 e. The number of nitrogens with zero attached hydrogens (tertiary/aromatic N) is 1. The summed E-state index contributed by atoms with van der Waals surface area (Å²) in [6.45, 7) is 0. The molecule has 1 aliphatic rings. The number of halogens is 2. The van der Waals surface area contributed by atoms with Crippen molar-refractivity contribution in [1.82, 2.24) is 10.6 Å². The number of hydrogen-bond acceptors (Lipinski definition) is 6. The van der Waals surface area contributed by atoms with Gasteiger partial charge >= 0.3 is 5.97 Å². The van der Waals surface area contributed by atoms with Gasteiger partial charge in [0.05, 0.1) is 18.2 Å². The minimum atomic E-state index is -1.96. The summed E-state index contributed by atoms with van der Waals surface area (Å²) in [5, 5.41) is 14.4. The molecule has 10 heteroatoms. The molecule has 7 nitrogen and oxygen atoms in total. The number of ether oxygens (including phenoxy) is 1. The highest BCUT2D eigenvalue weighted by atomic mass is 35.5. The molecule has 0 spiro atoms. The number of methoxy groups -OCH3 is 1. The largest absolute Gasteiger partial charge is 0.467 e. The molecule has 0 saturated carbocycles. The SMILES string of the molecule is COC(=O)[C@@]1(CC(=O)c2ccc(Cl)cc2Cl)NC(=S)NC(=O)[C@H]1C#N. The van der Waals surface area contributed by atoms with Crippen LogP contribution in [-0.2, 0) is 14.3 Å². The molecule has 1 fully saturated rings. The first-order valence-corrected chi connectivity index (χ1v) is 8.01. The zero-order valence-corrected chi connectivity index (χ0v) is 15.1. The third-order valence-electron chi connectivity index (χ3n) is 3.68. The maximum Gasteiger partial charge on any atom is 0.334 e. The predicted molar refractivity (Wildman–Crippen MR) is 93.1 cm³/mol. The molecule has 1 heterocycles. The molecule has 2 atom stereocenters. The van der Waals surface area contributed by atoms with Gasteiger partial charge in [0, 0.05) is 17.0 Å². The molecular weight excluding hydrogens is 389 g/mol. The Bertz CT molecular complexity index is 823. The van der Waals surface area contributed by atoms with Crippen LogP contribution in [0.5, 0.6) is 0 Å². The van der Waals surface area contributed by atoms with E-state index in [1.54, 1.807) is 6.07 Å². The van der Waals surface area contributed by atoms with Gasteiger partial charge in [-0.1, -0.05) is 23.2 Å². The number of rotatable bonds is 4. The summed E-state index contributed by atoms with van der Waals surface area (Å²) >= 11 is 16.7. The fourth-order valence-electron chi connectivity index (χ4n) is 2.52. The topological polar surface area (TPSA) is 108 Å². The van der Waals surface area contributed by atoms with Crippen molar-refractivity contribution in [3.05, 3.63) is 33.8 Å². The second kappa shape index (κ2) is 7.35. The van der Waals surface area contributed by atoms with Gasteiger partial charge in [-0.15, -0.1) is 0 Å². The number of carbonyl (C=O) groups excluding carboxylic acids is 3. The molecule has 0 unspecified atom stereocenters. The van der Waals surface area contributed by atoms with E-state index in [0.29, 0.717) is 5.02 Å². The van der Waals surface area contributed by atoms with Crippen LogP contribution in [0.4, 0.5) is 0 Å². The van der Waals surface area contributed by atoms with Crippen LogP contribution < -0.4 is 10.6 Å². The van der Waals surface area contributed by atoms with E-state index in [1.165, 1.54) is 18.2 Å². The molecule has 1 aromatic carbocycles. The summed E-state index contributed by atoms with van der Waals surface area (Å²) in [7, 11) is 1.08. The van der Waals surface area contributed by atoms with Crippen molar-refractivity contribution in [3.8, 4) is 6.07 Å². The van der Waals surface area contributed by atoms with Crippen LogP contribution in [0.3, 0.4) is 0 Å². The van der Waals surface area contributed by atoms with E-state index in [2.05, 4.69) is 10.6 Å². The molecule has 0 radical (unpaired) electrons. The number of ketones is 1. The van der Waals surface area contributed by atoms with Crippen LogP contribution in [0.25, 0.3) is 0 Å². The van der Waals surface area contributed by atoms with E-state index in [4.69, 9.17) is 40.2 Å². The molecule has 2 rings (SSSR count). The molecule has 1 saturated heterocycles. The Morgan fingerprint density at radius 1 is 1.44 bits per heavy atom. The molecule has 1 aromatic rings. The molecule has 25 heavy (non-hydrogen) atoms. The van der Waals surface area contributed by atoms with Crippen molar-refractivity contribution in [2.75, 3.05) is 7.11 Å². The zero-order chi connectivity index (χ0) is 18.8. The quantitative estimate of drug-likeness (QED) is 0.449. The highest BCUT2D eigenvalue weighted by Crippen LogP contribution is 2.30. The zero-order valence-electron chi connectivity index (χ0n) is 12.8. The van der Waals surface area contributed by atoms with E-state index in [1.807, 2.05) is 0 Å². The summed E-state index contributed by atoms with van der Waals surface area (Å²) in [6, 6.07) is 5.94. The number of esters is 1. The van der Waals surface area contributed by atoms with E-state index >= 15 is 0 Å². The summed E-state index contributed by atoms with van der Waals surface area (Å²) in [5.41, 5.74) is -1.87. The molecule has 1 aliphatic heterocycles. The standard InChI is InChI=1S/C15H11Cl2N3O4S/c1-24-13(23)15(9(6-18)12(22)19-14(25)20-15)5-11(21)8-3-2-7(16)4-10(8)17/h2-4,9H,5H2,1H3,(H2,19,20,22,25)/t9-,15+/m1/s1. The summed E-state index contributed by atoms with van der Waals surface area (Å²) < 4.78 is 4.71. The minimum absolute atomic E-state index is 0.0776. The Hall–Kier alpha value is -2.21. The molecule has 0 aliphatic carbocycles. The van der Waals surface area contributed by atoms with Gasteiger partial charge in [0.1, 0.15) is 0 Å². The van der Waals surface area contributed by atoms with Crippen LogP contribution in [0.1, 0.15) is 16.8 Å². The van der Waals surface area contributed by atoms with Crippen LogP contribution >= 0.6 is 35.4 Å². The van der Waals surface area contributed by atoms with Crippen molar-refractivity contribution < 1.29 is 19.1 Å². The number of Topliss-reactive ketones (excluding diaryl/α,β-unsaturated/α-hetero) is 1. The molecule has 2 N–H and O–H groups in total. The van der Waals surface area contributed by atoms with Gasteiger partial charge in [0.15, 0.2) is 22.4 Å². The summed E-state index contributed by atoms with van der Waals surface area (Å²) in [5.74, 6) is -3.87. The van der Waals surface area contributed by atoms with E-state index in [0.717, 1.165) is 7.11 Å². The highest BCUT2D eigenvalue weighted by Gasteiger charge is 2.55. The fourth-order valence-corrected chi connectivity index (χ4v) is 3.31. The fraction of sp³-hybridized carbons (Fsp3) is 0.267. The number of benzene rings is 1. The van der Waals surface area contributed by atoms with Gasteiger partial charge in [-0.2, -0.15) is 5.26 Å². The normalized spacial score (nSPS) is 22.4. The Kier molecular flexibility index (Phi) is 5.62. The van der Waals surface area contributed by atoms with Crippen molar-refractivity contribution >= 4 is 58.2 Å². The average molecular weight is 400 g/mol. The van der Waals surface area contributed by atoms with Crippen molar-refractivity contribution in [2.45, 2.75) is 12.0 Å². The molecule has 1 amide bonds. The van der Waals surface area contributed by atoms with Gasteiger partial charge < -0.3 is 15.4 Å². The maximum absolute atomic E-state index is 12.7. The maximum atomic E-state index is 12.7. The molecule has 0 bridgehead atoms. The summed E-state index contributed by atoms with van der Waals surface area (Å²) in [6.07, 6.45) is -0.563. The second-order valence-corrected chi connectivity index (χ2v) is 6.44. The van der Waals surface area contributed by atoms with Gasteiger partial charge in [0.2, 0.25) is 5.91 Å². The van der Waals surface area contributed by atoms with E-state index in [-0.39, 0.29) is 15.7 Å². The van der Waals surface area contributed by atoms with Crippen LogP contribution in [0.2, 0.25) is 10.0 Å². The van der Waals surface area contributed by atoms with Gasteiger partial charge in [-0.05, 0) is 30.4 Å². The Labute approximate surface area is 158 Å². The third-order valence-corrected chi connectivity index (χ3v) is 4.43. The lowest BCUT2D eigenvalue weighted by molar-refractivity contribution is -0.152. The van der Waals surface area contributed by atoms with Gasteiger partial charge in [-0.3, -0.25) is 9.59 Å². The first-order chi connectivity index (χ1) is 11.7. The predicted octanol–water partition coefficient (Wildman–Crippen LogP) is 1.62.